The molecule has 1 atom stereocenters. The first-order valence-electron chi connectivity index (χ1n) is 7.14. The Morgan fingerprint density at radius 2 is 1.61 bits per heavy atom. The van der Waals surface area contributed by atoms with Crippen LogP contribution in [0.2, 0.25) is 0 Å². The number of nitrogens with one attached hydrogen (secondary N) is 1. The molecule has 7 nitrogen and oxygen atoms in total. The quantitative estimate of drug-likeness (QED) is 0.632. The van der Waals surface area contributed by atoms with Gasteiger partial charge in [0.15, 0.2) is 0 Å². The average molecular weight is 315 g/mol. The second kappa shape index (κ2) is 6.87. The highest BCUT2D eigenvalue weighted by Crippen LogP contribution is 2.34. The summed E-state index contributed by atoms with van der Waals surface area (Å²) in [5, 5.41) is 25.2. The molecule has 0 heterocycles. The summed E-state index contributed by atoms with van der Waals surface area (Å²) in [4.78, 5) is 20.8. The lowest BCUT2D eigenvalue weighted by molar-refractivity contribution is -0.393. The Kier molecular flexibility index (Phi) is 4.90. The van der Waals surface area contributed by atoms with Gasteiger partial charge in [0.1, 0.15) is 5.69 Å². The van der Waals surface area contributed by atoms with Crippen LogP contribution in [-0.2, 0) is 0 Å². The van der Waals surface area contributed by atoms with Gasteiger partial charge in [-0.15, -0.1) is 0 Å². The molecular formula is C16H17N3O4. The van der Waals surface area contributed by atoms with Gasteiger partial charge in [0.25, 0.3) is 11.4 Å². The average Bonchev–Trinajstić information content (AvgIpc) is 2.52. The van der Waals surface area contributed by atoms with Gasteiger partial charge in [0.05, 0.1) is 22.0 Å². The molecule has 0 saturated heterocycles. The predicted molar refractivity (Wildman–Crippen MR) is 87.4 cm³/mol. The molecule has 1 unspecified atom stereocenters. The fraction of sp³-hybridized carbons (Fsp3) is 0.250. The van der Waals surface area contributed by atoms with E-state index in [1.54, 1.807) is 0 Å². The van der Waals surface area contributed by atoms with Crippen molar-refractivity contribution < 1.29 is 9.85 Å². The Hall–Kier alpha value is -2.96. The molecule has 2 aromatic carbocycles. The van der Waals surface area contributed by atoms with E-state index in [1.807, 2.05) is 44.2 Å². The van der Waals surface area contributed by atoms with E-state index in [1.165, 1.54) is 12.1 Å². The molecule has 0 spiro atoms. The molecule has 0 bridgehead atoms. The third kappa shape index (κ3) is 3.82. The van der Waals surface area contributed by atoms with Crippen molar-refractivity contribution in [3.63, 3.8) is 0 Å². The van der Waals surface area contributed by atoms with Crippen LogP contribution in [-0.4, -0.2) is 9.85 Å². The third-order valence-electron chi connectivity index (χ3n) is 3.53. The number of hydrogen-bond acceptors (Lipinski definition) is 5. The minimum absolute atomic E-state index is 0.142. The maximum absolute atomic E-state index is 11.2. The van der Waals surface area contributed by atoms with Crippen LogP contribution in [0.1, 0.15) is 25.5 Å². The van der Waals surface area contributed by atoms with Gasteiger partial charge in [-0.3, -0.25) is 20.2 Å². The summed E-state index contributed by atoms with van der Waals surface area (Å²) in [5.41, 5.74) is 0.655. The maximum Gasteiger partial charge on any atom is 0.299 e. The highest BCUT2D eigenvalue weighted by molar-refractivity contribution is 5.66. The molecule has 120 valence electrons. The van der Waals surface area contributed by atoms with Gasteiger partial charge in [-0.1, -0.05) is 44.2 Å². The molecule has 0 saturated carbocycles. The fourth-order valence-corrected chi connectivity index (χ4v) is 2.37. The predicted octanol–water partition coefficient (Wildman–Crippen LogP) is 4.31. The van der Waals surface area contributed by atoms with E-state index in [0.717, 1.165) is 11.6 Å². The summed E-state index contributed by atoms with van der Waals surface area (Å²) < 4.78 is 0. The zero-order valence-electron chi connectivity index (χ0n) is 12.8. The summed E-state index contributed by atoms with van der Waals surface area (Å²) in [6, 6.07) is 13.1. The Morgan fingerprint density at radius 3 is 2.13 bits per heavy atom. The Balaban J connectivity index is 2.40. The van der Waals surface area contributed by atoms with Crippen molar-refractivity contribution in [2.45, 2.75) is 19.9 Å². The number of non-ortho nitro benzene ring substituents is 1. The Bertz CT molecular complexity index is 717. The third-order valence-corrected chi connectivity index (χ3v) is 3.53. The number of anilines is 1. The molecule has 2 rings (SSSR count). The molecule has 2 aromatic rings. The summed E-state index contributed by atoms with van der Waals surface area (Å²) in [5.74, 6) is 0.173. The molecule has 1 N–H and O–H groups in total. The zero-order valence-corrected chi connectivity index (χ0v) is 12.8. The van der Waals surface area contributed by atoms with Gasteiger partial charge in [-0.2, -0.15) is 0 Å². The Morgan fingerprint density at radius 1 is 0.957 bits per heavy atom. The smallest absolute Gasteiger partial charge is 0.299 e. The first-order valence-corrected chi connectivity index (χ1v) is 7.14. The summed E-state index contributed by atoms with van der Waals surface area (Å²) in [6.45, 7) is 4.00. The van der Waals surface area contributed by atoms with Crippen molar-refractivity contribution in [2.75, 3.05) is 5.32 Å². The summed E-state index contributed by atoms with van der Waals surface area (Å²) in [6.07, 6.45) is 0. The first-order chi connectivity index (χ1) is 10.9. The monoisotopic (exact) mass is 315 g/mol. The number of nitro benzene ring substituents is 2. The van der Waals surface area contributed by atoms with Crippen molar-refractivity contribution in [3.8, 4) is 0 Å². The van der Waals surface area contributed by atoms with E-state index in [2.05, 4.69) is 5.32 Å². The van der Waals surface area contributed by atoms with Crippen LogP contribution >= 0.6 is 0 Å². The topological polar surface area (TPSA) is 98.3 Å². The summed E-state index contributed by atoms with van der Waals surface area (Å²) in [7, 11) is 0. The Labute approximate surface area is 133 Å². The van der Waals surface area contributed by atoms with Gasteiger partial charge >= 0.3 is 0 Å². The fourth-order valence-electron chi connectivity index (χ4n) is 2.37. The SMILES string of the molecule is CC(C)C(Nc1ccc([N+](=O)[O-])cc1[N+](=O)[O-])c1ccccc1. The van der Waals surface area contributed by atoms with Gasteiger partial charge in [0.2, 0.25) is 0 Å². The maximum atomic E-state index is 11.2. The van der Waals surface area contributed by atoms with Crippen molar-refractivity contribution in [2.24, 2.45) is 5.92 Å². The number of nitrogens with zero attached hydrogens (tertiary/aromatic N) is 2. The van der Waals surface area contributed by atoms with E-state index in [0.29, 0.717) is 0 Å². The van der Waals surface area contributed by atoms with Crippen LogP contribution in [0.3, 0.4) is 0 Å². The largest absolute Gasteiger partial charge is 0.372 e. The van der Waals surface area contributed by atoms with Crippen LogP contribution in [0.4, 0.5) is 17.1 Å². The van der Waals surface area contributed by atoms with Crippen LogP contribution in [0, 0.1) is 26.1 Å². The van der Waals surface area contributed by atoms with E-state index >= 15 is 0 Å². The van der Waals surface area contributed by atoms with Crippen molar-refractivity contribution in [1.29, 1.82) is 0 Å². The first kappa shape index (κ1) is 16.4. The van der Waals surface area contributed by atoms with Gasteiger partial charge in [-0.25, -0.2) is 0 Å². The number of hydrogen-bond donors (Lipinski definition) is 1. The number of benzene rings is 2. The van der Waals surface area contributed by atoms with Gasteiger partial charge in [-0.05, 0) is 17.5 Å². The van der Waals surface area contributed by atoms with Crippen LogP contribution in [0.15, 0.2) is 48.5 Å². The highest BCUT2D eigenvalue weighted by Gasteiger charge is 2.23. The lowest BCUT2D eigenvalue weighted by Crippen LogP contribution is -2.17. The molecule has 0 aliphatic rings. The molecule has 23 heavy (non-hydrogen) atoms. The van der Waals surface area contributed by atoms with Crippen molar-refractivity contribution >= 4 is 17.1 Å². The van der Waals surface area contributed by atoms with Crippen LogP contribution in [0.25, 0.3) is 0 Å². The molecule has 0 radical (unpaired) electrons. The van der Waals surface area contributed by atoms with E-state index in [-0.39, 0.29) is 29.0 Å². The second-order valence-electron chi connectivity index (χ2n) is 5.49. The minimum atomic E-state index is -0.645. The number of nitro groups is 2. The minimum Gasteiger partial charge on any atom is -0.372 e. The lowest BCUT2D eigenvalue weighted by Gasteiger charge is -2.24. The van der Waals surface area contributed by atoms with Gasteiger partial charge in [0, 0.05) is 6.07 Å². The van der Waals surface area contributed by atoms with E-state index in [9.17, 15) is 20.2 Å². The molecule has 7 heteroatoms. The second-order valence-corrected chi connectivity index (χ2v) is 5.49. The molecule has 0 fully saturated rings. The molecular weight excluding hydrogens is 298 g/mol. The normalized spacial score (nSPS) is 12.0. The standard InChI is InChI=1S/C16H17N3O4/c1-11(2)16(12-6-4-3-5-7-12)17-14-9-8-13(18(20)21)10-15(14)19(22)23/h3-11,16-17H,1-2H3. The molecule has 0 aromatic heterocycles. The van der Waals surface area contributed by atoms with Crippen LogP contribution < -0.4 is 5.32 Å². The van der Waals surface area contributed by atoms with Gasteiger partial charge < -0.3 is 5.32 Å². The number of rotatable bonds is 6. The molecule has 0 aliphatic carbocycles. The van der Waals surface area contributed by atoms with E-state index < -0.39 is 9.85 Å². The van der Waals surface area contributed by atoms with Crippen molar-refractivity contribution in [3.05, 3.63) is 74.3 Å². The lowest BCUT2D eigenvalue weighted by atomic mass is 9.95. The molecule has 0 amide bonds. The van der Waals surface area contributed by atoms with Crippen LogP contribution in [0.5, 0.6) is 0 Å². The van der Waals surface area contributed by atoms with E-state index in [4.69, 9.17) is 0 Å². The zero-order chi connectivity index (χ0) is 17.0. The highest BCUT2D eigenvalue weighted by atomic mass is 16.6. The van der Waals surface area contributed by atoms with Crippen molar-refractivity contribution in [1.82, 2.24) is 0 Å². The summed E-state index contributed by atoms with van der Waals surface area (Å²) >= 11 is 0. The molecule has 0 aliphatic heterocycles.